The average Bonchev–Trinajstić information content (AvgIpc) is 2.77. The highest BCUT2D eigenvalue weighted by molar-refractivity contribution is 9.10. The summed E-state index contributed by atoms with van der Waals surface area (Å²) in [6.45, 7) is 3.04. The normalized spacial score (nSPS) is 12.4. The molecule has 0 saturated carbocycles. The molecule has 96 valence electrons. The third kappa shape index (κ3) is 3.37. The number of aryl methyl sites for hydroxylation is 1. The van der Waals surface area contributed by atoms with Gasteiger partial charge in [0.1, 0.15) is 11.5 Å². The Hall–Kier alpha value is -1.26. The Bertz CT molecular complexity index is 510. The van der Waals surface area contributed by atoms with Crippen LogP contribution in [0.2, 0.25) is 0 Å². The van der Waals surface area contributed by atoms with Crippen molar-refractivity contribution in [2.45, 2.75) is 12.8 Å². The first-order valence-electron chi connectivity index (χ1n) is 5.84. The van der Waals surface area contributed by atoms with Crippen LogP contribution in [0.4, 0.5) is 0 Å². The Balaban J connectivity index is 1.99. The molecule has 0 spiro atoms. The molecule has 0 fully saturated rings. The smallest absolute Gasteiger partial charge is 0.169 e. The van der Waals surface area contributed by atoms with Gasteiger partial charge < -0.3 is 14.9 Å². The van der Waals surface area contributed by atoms with Crippen molar-refractivity contribution in [1.82, 2.24) is 0 Å². The van der Waals surface area contributed by atoms with E-state index >= 15 is 0 Å². The zero-order valence-corrected chi connectivity index (χ0v) is 11.8. The SMILES string of the molecule is Cc1cccc(OCC(CN)c2ccc(Br)o2)c1. The van der Waals surface area contributed by atoms with E-state index in [1.165, 1.54) is 5.56 Å². The highest BCUT2D eigenvalue weighted by Crippen LogP contribution is 2.23. The number of hydrogen-bond donors (Lipinski definition) is 1. The van der Waals surface area contributed by atoms with Gasteiger partial charge in [0.2, 0.25) is 0 Å². The molecule has 1 unspecified atom stereocenters. The van der Waals surface area contributed by atoms with Crippen LogP contribution in [0.25, 0.3) is 0 Å². The summed E-state index contributed by atoms with van der Waals surface area (Å²) in [6, 6.07) is 11.7. The Labute approximate surface area is 115 Å². The van der Waals surface area contributed by atoms with Crippen LogP contribution in [0.15, 0.2) is 45.5 Å². The first-order chi connectivity index (χ1) is 8.69. The molecular weight excluding hydrogens is 294 g/mol. The Kier molecular flexibility index (Phi) is 4.44. The predicted molar refractivity (Wildman–Crippen MR) is 74.9 cm³/mol. The molecule has 4 heteroatoms. The van der Waals surface area contributed by atoms with E-state index < -0.39 is 0 Å². The van der Waals surface area contributed by atoms with Gasteiger partial charge in [0, 0.05) is 6.54 Å². The molecule has 0 aliphatic rings. The van der Waals surface area contributed by atoms with E-state index in [4.69, 9.17) is 14.9 Å². The van der Waals surface area contributed by atoms with Crippen molar-refractivity contribution >= 4 is 15.9 Å². The average molecular weight is 310 g/mol. The molecule has 0 radical (unpaired) electrons. The van der Waals surface area contributed by atoms with Crippen molar-refractivity contribution < 1.29 is 9.15 Å². The lowest BCUT2D eigenvalue weighted by Crippen LogP contribution is -2.19. The van der Waals surface area contributed by atoms with Crippen LogP contribution in [0, 0.1) is 6.92 Å². The first kappa shape index (κ1) is 13.2. The fourth-order valence-corrected chi connectivity index (χ4v) is 2.04. The molecule has 1 aromatic carbocycles. The fourth-order valence-electron chi connectivity index (χ4n) is 1.72. The lowest BCUT2D eigenvalue weighted by atomic mass is 10.1. The molecule has 0 bridgehead atoms. The minimum absolute atomic E-state index is 0.0665. The molecule has 18 heavy (non-hydrogen) atoms. The standard InChI is InChI=1S/C14H16BrNO2/c1-10-3-2-4-12(7-10)17-9-11(8-16)13-5-6-14(15)18-13/h2-7,11H,8-9,16H2,1H3. The maximum atomic E-state index is 5.75. The Morgan fingerprint density at radius 3 is 2.78 bits per heavy atom. The molecule has 0 aliphatic heterocycles. The highest BCUT2D eigenvalue weighted by Gasteiger charge is 2.14. The van der Waals surface area contributed by atoms with Gasteiger partial charge in [0.05, 0.1) is 12.5 Å². The monoisotopic (exact) mass is 309 g/mol. The number of nitrogens with two attached hydrogens (primary N) is 1. The fraction of sp³-hybridized carbons (Fsp3) is 0.286. The number of furan rings is 1. The quantitative estimate of drug-likeness (QED) is 0.920. The molecule has 2 aromatic rings. The van der Waals surface area contributed by atoms with Crippen LogP contribution in [0.3, 0.4) is 0 Å². The molecule has 3 nitrogen and oxygen atoms in total. The van der Waals surface area contributed by atoms with Crippen molar-refractivity contribution in [3.8, 4) is 5.75 Å². The largest absolute Gasteiger partial charge is 0.493 e. The summed E-state index contributed by atoms with van der Waals surface area (Å²) in [7, 11) is 0. The molecule has 2 rings (SSSR count). The molecule has 2 N–H and O–H groups in total. The van der Waals surface area contributed by atoms with Crippen LogP contribution >= 0.6 is 15.9 Å². The zero-order chi connectivity index (χ0) is 13.0. The van der Waals surface area contributed by atoms with E-state index in [0.717, 1.165) is 11.5 Å². The summed E-state index contributed by atoms with van der Waals surface area (Å²) in [6.07, 6.45) is 0. The van der Waals surface area contributed by atoms with Gasteiger partial charge in [-0.05, 0) is 52.7 Å². The van der Waals surface area contributed by atoms with Crippen molar-refractivity contribution in [3.05, 3.63) is 52.4 Å². The van der Waals surface area contributed by atoms with Gasteiger partial charge in [0.15, 0.2) is 4.67 Å². The zero-order valence-electron chi connectivity index (χ0n) is 10.2. The number of halogens is 1. The number of hydrogen-bond acceptors (Lipinski definition) is 3. The molecule has 0 aliphatic carbocycles. The van der Waals surface area contributed by atoms with E-state index in [0.29, 0.717) is 17.8 Å². The van der Waals surface area contributed by atoms with Gasteiger partial charge in [-0.3, -0.25) is 0 Å². The van der Waals surface area contributed by atoms with E-state index in [1.807, 2.05) is 43.3 Å². The maximum Gasteiger partial charge on any atom is 0.169 e. The first-order valence-corrected chi connectivity index (χ1v) is 6.63. The van der Waals surface area contributed by atoms with Crippen molar-refractivity contribution in [1.29, 1.82) is 0 Å². The van der Waals surface area contributed by atoms with Crippen LogP contribution in [0.5, 0.6) is 5.75 Å². The molecule has 0 saturated heterocycles. The van der Waals surface area contributed by atoms with E-state index in [1.54, 1.807) is 0 Å². The van der Waals surface area contributed by atoms with Gasteiger partial charge >= 0.3 is 0 Å². The lowest BCUT2D eigenvalue weighted by Gasteiger charge is -2.13. The van der Waals surface area contributed by atoms with Gasteiger partial charge in [0.25, 0.3) is 0 Å². The maximum absolute atomic E-state index is 5.75. The van der Waals surface area contributed by atoms with E-state index in [2.05, 4.69) is 15.9 Å². The van der Waals surface area contributed by atoms with Crippen LogP contribution in [0.1, 0.15) is 17.2 Å². The lowest BCUT2D eigenvalue weighted by molar-refractivity contribution is 0.271. The topological polar surface area (TPSA) is 48.4 Å². The summed E-state index contributed by atoms with van der Waals surface area (Å²) in [5.74, 6) is 1.77. The van der Waals surface area contributed by atoms with E-state index in [-0.39, 0.29) is 5.92 Å². The second kappa shape index (κ2) is 6.07. The van der Waals surface area contributed by atoms with Gasteiger partial charge in [-0.2, -0.15) is 0 Å². The van der Waals surface area contributed by atoms with Crippen LogP contribution in [-0.2, 0) is 0 Å². The Morgan fingerprint density at radius 1 is 1.33 bits per heavy atom. The van der Waals surface area contributed by atoms with Crippen LogP contribution in [-0.4, -0.2) is 13.2 Å². The van der Waals surface area contributed by atoms with Crippen molar-refractivity contribution in [2.75, 3.05) is 13.2 Å². The third-order valence-corrected chi connectivity index (χ3v) is 3.15. The number of ether oxygens (including phenoxy) is 1. The highest BCUT2D eigenvalue weighted by atomic mass is 79.9. The summed E-state index contributed by atoms with van der Waals surface area (Å²) in [5, 5.41) is 0. The molecular formula is C14H16BrNO2. The van der Waals surface area contributed by atoms with Crippen LogP contribution < -0.4 is 10.5 Å². The predicted octanol–water partition coefficient (Wildman–Crippen LogP) is 3.47. The number of rotatable bonds is 5. The molecule has 0 amide bonds. The minimum atomic E-state index is 0.0665. The third-order valence-electron chi connectivity index (χ3n) is 2.72. The number of benzene rings is 1. The summed E-state index contributed by atoms with van der Waals surface area (Å²) < 4.78 is 12.0. The van der Waals surface area contributed by atoms with Crippen molar-refractivity contribution in [2.24, 2.45) is 5.73 Å². The summed E-state index contributed by atoms with van der Waals surface area (Å²) >= 11 is 3.29. The summed E-state index contributed by atoms with van der Waals surface area (Å²) in [5.41, 5.74) is 6.93. The molecule has 1 aromatic heterocycles. The summed E-state index contributed by atoms with van der Waals surface area (Å²) in [4.78, 5) is 0. The second-order valence-corrected chi connectivity index (χ2v) is 4.98. The van der Waals surface area contributed by atoms with E-state index in [9.17, 15) is 0 Å². The second-order valence-electron chi connectivity index (χ2n) is 4.20. The Morgan fingerprint density at radius 2 is 2.17 bits per heavy atom. The van der Waals surface area contributed by atoms with Gasteiger partial charge in [-0.15, -0.1) is 0 Å². The van der Waals surface area contributed by atoms with Gasteiger partial charge in [-0.25, -0.2) is 0 Å². The van der Waals surface area contributed by atoms with Gasteiger partial charge in [-0.1, -0.05) is 12.1 Å². The minimum Gasteiger partial charge on any atom is -0.493 e. The molecule has 1 atom stereocenters. The molecule has 1 heterocycles. The van der Waals surface area contributed by atoms with Crippen molar-refractivity contribution in [3.63, 3.8) is 0 Å².